The number of benzene rings is 7. The number of furan rings is 2. The van der Waals surface area contributed by atoms with Gasteiger partial charge in [0.1, 0.15) is 22.4 Å². The Morgan fingerprint density at radius 1 is 0.484 bits per heavy atom. The molecule has 0 aliphatic carbocycles. The Hall–Kier alpha value is -6.24. The summed E-state index contributed by atoms with van der Waals surface area (Å²) in [7, 11) is 0. The molecular weight excluding hydrogens is 776 g/mol. The Bertz CT molecular complexity index is 3480. The van der Waals surface area contributed by atoms with Crippen LogP contribution in [0, 0.1) is 0 Å². The molecule has 6 heteroatoms. The van der Waals surface area contributed by atoms with Gasteiger partial charge in [-0.2, -0.15) is 0 Å². The molecule has 3 aromatic heterocycles. The highest BCUT2D eigenvalue weighted by Gasteiger charge is 2.50. The molecule has 0 saturated heterocycles. The van der Waals surface area contributed by atoms with Gasteiger partial charge < -0.3 is 18.5 Å². The van der Waals surface area contributed by atoms with Crippen molar-refractivity contribution in [3.8, 4) is 11.1 Å². The van der Waals surface area contributed by atoms with Gasteiger partial charge in [-0.05, 0) is 105 Å². The summed E-state index contributed by atoms with van der Waals surface area (Å²) in [5, 5.41) is 5.88. The van der Waals surface area contributed by atoms with Gasteiger partial charge in [0.05, 0.1) is 5.69 Å². The van der Waals surface area contributed by atoms with Crippen molar-refractivity contribution in [1.82, 2.24) is 0 Å². The van der Waals surface area contributed by atoms with Crippen LogP contribution in [0.1, 0.15) is 79.0 Å². The van der Waals surface area contributed by atoms with E-state index in [9.17, 15) is 0 Å². The van der Waals surface area contributed by atoms with Crippen molar-refractivity contribution in [3.05, 3.63) is 150 Å². The van der Waals surface area contributed by atoms with Crippen LogP contribution < -0.4 is 20.8 Å². The van der Waals surface area contributed by atoms with Gasteiger partial charge in [-0.3, -0.25) is 0 Å². The van der Waals surface area contributed by atoms with Crippen LogP contribution in [0.4, 0.5) is 28.4 Å². The summed E-state index contributed by atoms with van der Waals surface area (Å²) in [6, 6.07) is 49.9. The smallest absolute Gasteiger partial charge is 0.376 e. The Balaban J connectivity index is 1.27. The molecule has 62 heavy (non-hydrogen) atoms. The summed E-state index contributed by atoms with van der Waals surface area (Å²) in [5.74, 6) is 0. The van der Waals surface area contributed by atoms with E-state index in [0.29, 0.717) is 0 Å². The highest BCUT2D eigenvalue weighted by molar-refractivity contribution is 7.25. The standard InChI is InChI=1S/C56H49BN2O2S/c1-54(2,3)32-18-23-35(24-19-32)58-44-30-40-37-14-10-12-16-45(37)60-52(40)49-41-29-39-38-15-11-13-17-47(38)62-48(39)31-43(41)59(36-25-20-33(21-26-36)55(4,5)6)57(50(44)49)53-51(58)42-28-34(56(7,8)9)22-27-46(42)61-53/h10-31H,1-9H3. The zero-order valence-electron chi connectivity index (χ0n) is 36.9. The molecule has 0 amide bonds. The number of fused-ring (bicyclic) bond motifs is 13. The van der Waals surface area contributed by atoms with Crippen LogP contribution in [-0.4, -0.2) is 6.85 Å². The van der Waals surface area contributed by atoms with Crippen molar-refractivity contribution in [2.45, 2.75) is 78.6 Å². The second kappa shape index (κ2) is 12.7. The minimum absolute atomic E-state index is 0.0122. The molecular formula is C56H49BN2O2S. The van der Waals surface area contributed by atoms with Gasteiger partial charge in [0.2, 0.25) is 0 Å². The number of thiophene rings is 1. The maximum atomic E-state index is 7.38. The SMILES string of the molecule is CC(C)(C)c1ccc(N2B3c4oc5ccc(C(C)(C)C)cc5c4N(c4ccc(C(C)(C)C)cc4)c4cc5c(oc6ccccc65)c(c43)-c3cc4c(cc32)sc2ccccc24)cc1. The molecule has 2 aliphatic rings. The van der Waals surface area contributed by atoms with Crippen LogP contribution in [-0.2, 0) is 16.2 Å². The van der Waals surface area contributed by atoms with Crippen LogP contribution in [0.5, 0.6) is 0 Å². The number of rotatable bonds is 2. The Morgan fingerprint density at radius 2 is 1.10 bits per heavy atom. The summed E-state index contributed by atoms with van der Waals surface area (Å²) >= 11 is 1.86. The summed E-state index contributed by atoms with van der Waals surface area (Å²) in [5.41, 5.74) is 16.5. The molecule has 0 N–H and O–H groups in total. The summed E-state index contributed by atoms with van der Waals surface area (Å²) in [4.78, 5) is 5.07. The molecule has 7 aromatic carbocycles. The minimum Gasteiger partial charge on any atom is -0.466 e. The molecule has 304 valence electrons. The van der Waals surface area contributed by atoms with Crippen molar-refractivity contribution in [2.24, 2.45) is 0 Å². The van der Waals surface area contributed by atoms with Crippen LogP contribution in [0.25, 0.3) is 64.2 Å². The average Bonchev–Trinajstić information content (AvgIpc) is 3.93. The first-order valence-electron chi connectivity index (χ1n) is 21.9. The number of para-hydroxylation sites is 1. The highest BCUT2D eigenvalue weighted by Crippen LogP contribution is 2.54. The maximum absolute atomic E-state index is 7.38. The lowest BCUT2D eigenvalue weighted by Crippen LogP contribution is -2.61. The lowest BCUT2D eigenvalue weighted by molar-refractivity contribution is 0.590. The molecule has 10 aromatic rings. The first-order valence-corrected chi connectivity index (χ1v) is 22.8. The second-order valence-electron chi connectivity index (χ2n) is 20.6. The number of hydrogen-bond donors (Lipinski definition) is 0. The molecule has 0 fully saturated rings. The first-order chi connectivity index (χ1) is 29.6. The molecule has 12 rings (SSSR count). The predicted molar refractivity (Wildman–Crippen MR) is 266 cm³/mol. The maximum Gasteiger partial charge on any atom is 0.376 e. The van der Waals surface area contributed by atoms with E-state index in [-0.39, 0.29) is 23.1 Å². The van der Waals surface area contributed by atoms with E-state index in [1.54, 1.807) is 0 Å². The summed E-state index contributed by atoms with van der Waals surface area (Å²) in [6.45, 7) is 20.3. The third-order valence-electron chi connectivity index (χ3n) is 13.5. The van der Waals surface area contributed by atoms with Gasteiger partial charge in [0.15, 0.2) is 0 Å². The van der Waals surface area contributed by atoms with E-state index >= 15 is 0 Å². The van der Waals surface area contributed by atoms with Gasteiger partial charge in [0, 0.05) is 70.2 Å². The molecule has 0 atom stereocenters. The normalized spacial score (nSPS) is 14.1. The Labute approximate surface area is 367 Å². The summed E-state index contributed by atoms with van der Waals surface area (Å²) in [6.07, 6.45) is 0. The van der Waals surface area contributed by atoms with Crippen molar-refractivity contribution in [1.29, 1.82) is 0 Å². The van der Waals surface area contributed by atoms with E-state index in [1.807, 2.05) is 11.3 Å². The fourth-order valence-corrected chi connectivity index (χ4v) is 11.3. The van der Waals surface area contributed by atoms with Gasteiger partial charge in [0.25, 0.3) is 0 Å². The van der Waals surface area contributed by atoms with Crippen molar-refractivity contribution in [2.75, 3.05) is 9.71 Å². The van der Waals surface area contributed by atoms with Crippen LogP contribution in [0.15, 0.2) is 142 Å². The molecule has 0 spiro atoms. The topological polar surface area (TPSA) is 32.8 Å². The quantitative estimate of drug-likeness (QED) is 0.163. The fraction of sp³-hybridized carbons (Fsp3) is 0.214. The molecule has 0 unspecified atom stereocenters. The lowest BCUT2D eigenvalue weighted by Gasteiger charge is -2.44. The highest BCUT2D eigenvalue weighted by atomic mass is 32.1. The van der Waals surface area contributed by atoms with E-state index in [2.05, 4.69) is 205 Å². The second-order valence-corrected chi connectivity index (χ2v) is 21.7. The number of nitrogens with zero attached hydrogens (tertiary/aromatic N) is 2. The van der Waals surface area contributed by atoms with Crippen LogP contribution in [0.3, 0.4) is 0 Å². The van der Waals surface area contributed by atoms with Crippen molar-refractivity contribution in [3.63, 3.8) is 0 Å². The van der Waals surface area contributed by atoms with E-state index < -0.39 is 0 Å². The van der Waals surface area contributed by atoms with Crippen molar-refractivity contribution >= 4 is 111 Å². The van der Waals surface area contributed by atoms with E-state index in [0.717, 1.165) is 78.1 Å². The van der Waals surface area contributed by atoms with Gasteiger partial charge in [-0.15, -0.1) is 11.3 Å². The third kappa shape index (κ3) is 5.38. The Morgan fingerprint density at radius 3 is 1.79 bits per heavy atom. The lowest BCUT2D eigenvalue weighted by atomic mass is 9.45. The number of anilines is 5. The van der Waals surface area contributed by atoms with Gasteiger partial charge >= 0.3 is 6.85 Å². The molecule has 5 heterocycles. The van der Waals surface area contributed by atoms with E-state index in [1.165, 1.54) is 42.3 Å². The molecule has 2 aliphatic heterocycles. The van der Waals surface area contributed by atoms with Gasteiger partial charge in [-0.1, -0.05) is 129 Å². The monoisotopic (exact) mass is 824 g/mol. The third-order valence-corrected chi connectivity index (χ3v) is 14.6. The van der Waals surface area contributed by atoms with E-state index in [4.69, 9.17) is 8.83 Å². The van der Waals surface area contributed by atoms with Gasteiger partial charge in [-0.25, -0.2) is 0 Å². The zero-order chi connectivity index (χ0) is 42.6. The summed E-state index contributed by atoms with van der Waals surface area (Å²) < 4.78 is 17.0. The van der Waals surface area contributed by atoms with Crippen molar-refractivity contribution < 1.29 is 8.83 Å². The predicted octanol–water partition coefficient (Wildman–Crippen LogP) is 15.3. The zero-order valence-corrected chi connectivity index (χ0v) is 37.7. The number of hydrogen-bond acceptors (Lipinski definition) is 5. The van der Waals surface area contributed by atoms with Crippen LogP contribution in [0.2, 0.25) is 0 Å². The Kier molecular flexibility index (Phi) is 7.67. The minimum atomic E-state index is -0.303. The largest absolute Gasteiger partial charge is 0.466 e. The molecule has 0 bridgehead atoms. The molecule has 0 radical (unpaired) electrons. The average molecular weight is 825 g/mol. The molecule has 0 saturated carbocycles. The molecule has 4 nitrogen and oxygen atoms in total. The fourth-order valence-electron chi connectivity index (χ4n) is 10.2. The van der Waals surface area contributed by atoms with Crippen LogP contribution >= 0.6 is 11.3 Å². The first kappa shape index (κ1) is 37.5.